The Morgan fingerprint density at radius 3 is 2.44 bits per heavy atom. The highest BCUT2D eigenvalue weighted by molar-refractivity contribution is 5.89. The van der Waals surface area contributed by atoms with Gasteiger partial charge < -0.3 is 15.2 Å². The molecule has 0 bridgehead atoms. The van der Waals surface area contributed by atoms with Gasteiger partial charge in [-0.15, -0.1) is 0 Å². The minimum atomic E-state index is -0.285. The average molecular weight is 331 g/mol. The zero-order valence-electron chi connectivity index (χ0n) is 13.5. The molecule has 3 rings (SSSR count). The third-order valence-electron chi connectivity index (χ3n) is 3.67. The van der Waals surface area contributed by atoms with E-state index in [0.717, 1.165) is 12.1 Å². The van der Waals surface area contributed by atoms with Crippen molar-refractivity contribution in [2.24, 2.45) is 0 Å². The number of hydrogen-bond acceptors (Lipinski definition) is 3. The van der Waals surface area contributed by atoms with Crippen molar-refractivity contribution >= 4 is 11.7 Å². The van der Waals surface area contributed by atoms with Crippen LogP contribution in [0.15, 0.2) is 67.3 Å². The molecule has 0 aliphatic rings. The first-order valence-electron chi connectivity index (χ1n) is 7.81. The minimum Gasteiger partial charge on any atom is -0.334 e. The van der Waals surface area contributed by atoms with Crippen LogP contribution in [0.1, 0.15) is 16.7 Å². The number of rotatable bonds is 5. The van der Waals surface area contributed by atoms with Crippen molar-refractivity contribution in [2.75, 3.05) is 5.32 Å². The van der Waals surface area contributed by atoms with Gasteiger partial charge in [0, 0.05) is 31.2 Å². The van der Waals surface area contributed by atoms with E-state index in [9.17, 15) is 4.79 Å². The molecule has 0 unspecified atom stereocenters. The molecule has 0 atom stereocenters. The average Bonchev–Trinajstić information content (AvgIpc) is 3.15. The van der Waals surface area contributed by atoms with Gasteiger partial charge in [-0.05, 0) is 35.4 Å². The monoisotopic (exact) mass is 331 g/mol. The molecular weight excluding hydrogens is 314 g/mol. The van der Waals surface area contributed by atoms with E-state index in [0.29, 0.717) is 17.8 Å². The van der Waals surface area contributed by atoms with E-state index in [-0.39, 0.29) is 6.03 Å². The lowest BCUT2D eigenvalue weighted by Gasteiger charge is -2.09. The van der Waals surface area contributed by atoms with Crippen LogP contribution in [0, 0.1) is 11.3 Å². The predicted molar refractivity (Wildman–Crippen MR) is 94.8 cm³/mol. The summed E-state index contributed by atoms with van der Waals surface area (Å²) in [5.74, 6) is 0. The van der Waals surface area contributed by atoms with Crippen LogP contribution in [0.25, 0.3) is 0 Å². The van der Waals surface area contributed by atoms with Gasteiger partial charge in [0.1, 0.15) is 0 Å². The van der Waals surface area contributed by atoms with Gasteiger partial charge in [0.25, 0.3) is 0 Å². The van der Waals surface area contributed by atoms with E-state index in [4.69, 9.17) is 5.26 Å². The Balaban J connectivity index is 1.49. The molecule has 2 amide bonds. The Hall–Kier alpha value is -3.59. The summed E-state index contributed by atoms with van der Waals surface area (Å²) in [5.41, 5.74) is 3.39. The summed E-state index contributed by atoms with van der Waals surface area (Å²) in [4.78, 5) is 15.9. The summed E-state index contributed by atoms with van der Waals surface area (Å²) in [6.45, 7) is 1.21. The molecule has 6 nitrogen and oxygen atoms in total. The lowest BCUT2D eigenvalue weighted by atomic mass is 10.1. The third kappa shape index (κ3) is 4.69. The van der Waals surface area contributed by atoms with E-state index in [1.807, 2.05) is 41.1 Å². The van der Waals surface area contributed by atoms with E-state index in [1.54, 1.807) is 36.8 Å². The molecule has 2 N–H and O–H groups in total. The van der Waals surface area contributed by atoms with Crippen molar-refractivity contribution < 1.29 is 4.79 Å². The number of benzene rings is 2. The molecule has 0 radical (unpaired) electrons. The van der Waals surface area contributed by atoms with Crippen molar-refractivity contribution in [1.29, 1.82) is 5.26 Å². The van der Waals surface area contributed by atoms with Crippen LogP contribution in [-0.2, 0) is 13.1 Å². The summed E-state index contributed by atoms with van der Waals surface area (Å²) < 4.78 is 2.00. The van der Waals surface area contributed by atoms with Gasteiger partial charge in [-0.1, -0.05) is 24.3 Å². The lowest BCUT2D eigenvalue weighted by molar-refractivity contribution is 0.251. The molecule has 25 heavy (non-hydrogen) atoms. The summed E-state index contributed by atoms with van der Waals surface area (Å²) >= 11 is 0. The van der Waals surface area contributed by atoms with Gasteiger partial charge in [0.05, 0.1) is 18.0 Å². The van der Waals surface area contributed by atoms with E-state index in [1.165, 1.54) is 5.56 Å². The second-order valence-electron chi connectivity index (χ2n) is 5.55. The normalized spacial score (nSPS) is 10.0. The van der Waals surface area contributed by atoms with Crippen LogP contribution < -0.4 is 10.6 Å². The molecule has 1 aromatic heterocycles. The number of nitrogens with zero attached hydrogens (tertiary/aromatic N) is 3. The molecule has 6 heteroatoms. The molecule has 0 spiro atoms. The Morgan fingerprint density at radius 1 is 1.08 bits per heavy atom. The Morgan fingerprint density at radius 2 is 1.80 bits per heavy atom. The van der Waals surface area contributed by atoms with Crippen LogP contribution >= 0.6 is 0 Å². The van der Waals surface area contributed by atoms with Crippen LogP contribution in [0.5, 0.6) is 0 Å². The Labute approximate surface area is 145 Å². The second-order valence-corrected chi connectivity index (χ2v) is 5.55. The SMILES string of the molecule is N#Cc1ccc(NC(=O)NCc2ccc(Cn3ccnc3)cc2)cc1. The topological polar surface area (TPSA) is 82.7 Å². The second kappa shape index (κ2) is 7.79. The van der Waals surface area contributed by atoms with E-state index < -0.39 is 0 Å². The maximum Gasteiger partial charge on any atom is 0.319 e. The number of hydrogen-bond donors (Lipinski definition) is 2. The standard InChI is InChI=1S/C19H17N5O/c20-11-15-5-7-18(8-6-15)23-19(25)22-12-16-1-3-17(4-2-16)13-24-10-9-21-14-24/h1-10,14H,12-13H2,(H2,22,23,25). The zero-order valence-corrected chi connectivity index (χ0v) is 13.5. The fourth-order valence-corrected chi connectivity index (χ4v) is 2.34. The zero-order chi connectivity index (χ0) is 17.5. The minimum absolute atomic E-state index is 0.285. The van der Waals surface area contributed by atoms with Gasteiger partial charge in [0.2, 0.25) is 0 Å². The predicted octanol–water partition coefficient (Wildman–Crippen LogP) is 3.12. The molecule has 0 saturated heterocycles. The van der Waals surface area contributed by atoms with Crippen molar-refractivity contribution in [3.8, 4) is 6.07 Å². The quantitative estimate of drug-likeness (QED) is 0.753. The number of urea groups is 1. The number of aromatic nitrogens is 2. The van der Waals surface area contributed by atoms with Crippen LogP contribution in [-0.4, -0.2) is 15.6 Å². The Kier molecular flexibility index (Phi) is 5.07. The largest absolute Gasteiger partial charge is 0.334 e. The highest BCUT2D eigenvalue weighted by Gasteiger charge is 2.02. The molecule has 124 valence electrons. The molecule has 0 aliphatic heterocycles. The maximum absolute atomic E-state index is 11.9. The lowest BCUT2D eigenvalue weighted by Crippen LogP contribution is -2.28. The number of carbonyl (C=O) groups is 1. The number of nitrogens with one attached hydrogen (secondary N) is 2. The fraction of sp³-hybridized carbons (Fsp3) is 0.105. The van der Waals surface area contributed by atoms with Gasteiger partial charge in [-0.2, -0.15) is 5.26 Å². The van der Waals surface area contributed by atoms with Crippen molar-refractivity contribution in [3.63, 3.8) is 0 Å². The molecule has 2 aromatic carbocycles. The summed E-state index contributed by atoms with van der Waals surface area (Å²) in [5, 5.41) is 14.3. The molecule has 0 aliphatic carbocycles. The van der Waals surface area contributed by atoms with Gasteiger partial charge >= 0.3 is 6.03 Å². The summed E-state index contributed by atoms with van der Waals surface area (Å²) in [6.07, 6.45) is 5.46. The highest BCUT2D eigenvalue weighted by Crippen LogP contribution is 2.09. The van der Waals surface area contributed by atoms with Crippen LogP contribution in [0.3, 0.4) is 0 Å². The molecule has 3 aromatic rings. The number of anilines is 1. The number of carbonyl (C=O) groups excluding carboxylic acids is 1. The van der Waals surface area contributed by atoms with Crippen molar-refractivity contribution in [1.82, 2.24) is 14.9 Å². The number of imidazole rings is 1. The molecule has 0 fully saturated rings. The van der Waals surface area contributed by atoms with Crippen molar-refractivity contribution in [3.05, 3.63) is 83.9 Å². The van der Waals surface area contributed by atoms with Crippen molar-refractivity contribution in [2.45, 2.75) is 13.1 Å². The molecule has 0 saturated carbocycles. The van der Waals surface area contributed by atoms with E-state index >= 15 is 0 Å². The maximum atomic E-state index is 11.9. The van der Waals surface area contributed by atoms with Crippen LogP contribution in [0.2, 0.25) is 0 Å². The number of nitriles is 1. The highest BCUT2D eigenvalue weighted by atomic mass is 16.2. The molecular formula is C19H17N5O. The smallest absolute Gasteiger partial charge is 0.319 e. The fourth-order valence-electron chi connectivity index (χ4n) is 2.34. The van der Waals surface area contributed by atoms with Crippen LogP contribution in [0.4, 0.5) is 10.5 Å². The summed E-state index contributed by atoms with van der Waals surface area (Å²) in [6, 6.07) is 16.5. The van der Waals surface area contributed by atoms with Gasteiger partial charge in [0.15, 0.2) is 0 Å². The number of amides is 2. The third-order valence-corrected chi connectivity index (χ3v) is 3.67. The van der Waals surface area contributed by atoms with E-state index in [2.05, 4.69) is 15.6 Å². The first-order valence-corrected chi connectivity index (χ1v) is 7.81. The van der Waals surface area contributed by atoms with Gasteiger partial charge in [-0.3, -0.25) is 0 Å². The molecule has 1 heterocycles. The first kappa shape index (κ1) is 16.3. The first-order chi connectivity index (χ1) is 12.2. The summed E-state index contributed by atoms with van der Waals surface area (Å²) in [7, 11) is 0. The Bertz CT molecular complexity index is 862. The van der Waals surface area contributed by atoms with Gasteiger partial charge in [-0.25, -0.2) is 9.78 Å².